The average molecular weight is 340 g/mol. The molecule has 0 aromatic heterocycles. The van der Waals surface area contributed by atoms with Gasteiger partial charge in [-0.1, -0.05) is 18.2 Å². The van der Waals surface area contributed by atoms with E-state index in [0.29, 0.717) is 36.2 Å². The fraction of sp³-hybridized carbons (Fsp3) is 0.222. The van der Waals surface area contributed by atoms with Crippen LogP contribution in [-0.2, 0) is 4.79 Å². The van der Waals surface area contributed by atoms with Crippen molar-refractivity contribution in [3.05, 3.63) is 48.0 Å². The third-order valence-corrected chi connectivity index (χ3v) is 3.78. The molecule has 2 aliphatic rings. The lowest BCUT2D eigenvalue weighted by atomic mass is 10.2. The van der Waals surface area contributed by atoms with E-state index in [4.69, 9.17) is 18.9 Å². The molecule has 4 rings (SSSR count). The fourth-order valence-electron chi connectivity index (χ4n) is 2.58. The van der Waals surface area contributed by atoms with Gasteiger partial charge in [0.15, 0.2) is 23.0 Å². The average Bonchev–Trinajstić information content (AvgIpc) is 2.67. The zero-order valence-corrected chi connectivity index (χ0v) is 13.3. The molecule has 2 aliphatic heterocycles. The summed E-state index contributed by atoms with van der Waals surface area (Å²) < 4.78 is 22.3. The molecule has 7 heteroatoms. The second kappa shape index (κ2) is 6.72. The van der Waals surface area contributed by atoms with Crippen LogP contribution in [0.5, 0.6) is 23.0 Å². The summed E-state index contributed by atoms with van der Waals surface area (Å²) in [5, 5.41) is 3.99. The molecule has 0 saturated carbocycles. The number of carbonyl (C=O) groups is 1. The van der Waals surface area contributed by atoms with Crippen molar-refractivity contribution in [2.24, 2.45) is 5.10 Å². The summed E-state index contributed by atoms with van der Waals surface area (Å²) in [5.41, 5.74) is 3.19. The van der Waals surface area contributed by atoms with Gasteiger partial charge in [0, 0.05) is 5.56 Å². The Bertz CT molecular complexity index is 821. The molecule has 25 heavy (non-hydrogen) atoms. The molecule has 0 saturated heterocycles. The number of hydrazone groups is 1. The van der Waals surface area contributed by atoms with Crippen LogP contribution < -0.4 is 24.4 Å². The Hall–Kier alpha value is -3.22. The monoisotopic (exact) mass is 340 g/mol. The van der Waals surface area contributed by atoms with E-state index in [0.717, 1.165) is 5.56 Å². The molecule has 128 valence electrons. The molecular formula is C18H16N2O5. The minimum Gasteiger partial charge on any atom is -0.486 e. The minimum atomic E-state index is -0.753. The van der Waals surface area contributed by atoms with Crippen molar-refractivity contribution in [2.75, 3.05) is 19.8 Å². The van der Waals surface area contributed by atoms with Gasteiger partial charge in [-0.15, -0.1) is 0 Å². The molecule has 1 atom stereocenters. The lowest BCUT2D eigenvalue weighted by Crippen LogP contribution is -2.42. The molecule has 2 aromatic rings. The molecule has 0 aliphatic carbocycles. The first-order valence-electron chi connectivity index (χ1n) is 7.91. The predicted molar refractivity (Wildman–Crippen MR) is 89.5 cm³/mol. The van der Waals surface area contributed by atoms with Crippen molar-refractivity contribution in [3.8, 4) is 23.0 Å². The maximum absolute atomic E-state index is 12.2. The van der Waals surface area contributed by atoms with E-state index in [2.05, 4.69) is 10.5 Å². The van der Waals surface area contributed by atoms with E-state index in [1.54, 1.807) is 12.1 Å². The Morgan fingerprint density at radius 1 is 1.00 bits per heavy atom. The smallest absolute Gasteiger partial charge is 0.284 e. The number of nitrogens with zero attached hydrogens (tertiary/aromatic N) is 1. The van der Waals surface area contributed by atoms with E-state index in [9.17, 15) is 4.79 Å². The highest BCUT2D eigenvalue weighted by Crippen LogP contribution is 2.32. The summed E-state index contributed by atoms with van der Waals surface area (Å²) >= 11 is 0. The van der Waals surface area contributed by atoms with Gasteiger partial charge < -0.3 is 18.9 Å². The highest BCUT2D eigenvalue weighted by molar-refractivity contribution is 5.87. The number of fused-ring (bicyclic) bond motifs is 2. The third-order valence-electron chi connectivity index (χ3n) is 3.78. The number of amides is 1. The van der Waals surface area contributed by atoms with Crippen molar-refractivity contribution >= 4 is 12.1 Å². The van der Waals surface area contributed by atoms with Gasteiger partial charge in [0.25, 0.3) is 5.91 Å². The molecule has 1 unspecified atom stereocenters. The summed E-state index contributed by atoms with van der Waals surface area (Å²) in [6, 6.07) is 12.7. The number of para-hydroxylation sites is 3. The predicted octanol–water partition coefficient (Wildman–Crippen LogP) is 1.75. The molecule has 7 nitrogen and oxygen atoms in total. The van der Waals surface area contributed by atoms with Gasteiger partial charge in [-0.25, -0.2) is 5.43 Å². The molecule has 0 spiro atoms. The van der Waals surface area contributed by atoms with Crippen molar-refractivity contribution in [1.82, 2.24) is 5.43 Å². The van der Waals surface area contributed by atoms with Crippen LogP contribution in [0.15, 0.2) is 47.6 Å². The Labute approximate surface area is 144 Å². The summed E-state index contributed by atoms with van der Waals surface area (Å²) in [7, 11) is 0. The topological polar surface area (TPSA) is 78.4 Å². The third kappa shape index (κ3) is 3.21. The van der Waals surface area contributed by atoms with Gasteiger partial charge in [0.2, 0.25) is 6.10 Å². The van der Waals surface area contributed by atoms with Crippen LogP contribution in [0.2, 0.25) is 0 Å². The molecule has 0 radical (unpaired) electrons. The lowest BCUT2D eigenvalue weighted by Gasteiger charge is -2.24. The number of benzene rings is 2. The van der Waals surface area contributed by atoms with Crippen molar-refractivity contribution in [3.63, 3.8) is 0 Å². The number of hydrogen-bond donors (Lipinski definition) is 1. The standard InChI is InChI=1S/C18H16N2O5/c21-18(16-11-24-13-5-1-2-6-14(13)25-16)20-19-10-12-4-3-7-15-17(12)23-9-8-22-15/h1-7,10,16H,8-9,11H2,(H,20,21)/b19-10+. The van der Waals surface area contributed by atoms with Crippen LogP contribution in [-0.4, -0.2) is 38.0 Å². The van der Waals surface area contributed by atoms with Gasteiger partial charge in [0.1, 0.15) is 19.8 Å². The number of ether oxygens (including phenoxy) is 4. The zero-order chi connectivity index (χ0) is 17.1. The van der Waals surface area contributed by atoms with Gasteiger partial charge in [0.05, 0.1) is 6.21 Å². The van der Waals surface area contributed by atoms with E-state index in [-0.39, 0.29) is 12.5 Å². The van der Waals surface area contributed by atoms with Gasteiger partial charge in [-0.3, -0.25) is 4.79 Å². The van der Waals surface area contributed by atoms with Gasteiger partial charge in [-0.2, -0.15) is 5.10 Å². The van der Waals surface area contributed by atoms with Crippen LogP contribution in [0.25, 0.3) is 0 Å². The van der Waals surface area contributed by atoms with Crippen LogP contribution in [0, 0.1) is 0 Å². The molecule has 0 bridgehead atoms. The number of carbonyl (C=O) groups excluding carboxylic acids is 1. The highest BCUT2D eigenvalue weighted by Gasteiger charge is 2.27. The van der Waals surface area contributed by atoms with Crippen LogP contribution in [0.4, 0.5) is 0 Å². The molecule has 1 amide bonds. The Morgan fingerprint density at radius 3 is 2.72 bits per heavy atom. The Kier molecular flexibility index (Phi) is 4.12. The van der Waals surface area contributed by atoms with Gasteiger partial charge >= 0.3 is 0 Å². The summed E-state index contributed by atoms with van der Waals surface area (Å²) in [4.78, 5) is 12.2. The maximum atomic E-state index is 12.2. The number of nitrogens with one attached hydrogen (secondary N) is 1. The second-order valence-corrected chi connectivity index (χ2v) is 5.47. The van der Waals surface area contributed by atoms with Gasteiger partial charge in [-0.05, 0) is 24.3 Å². The van der Waals surface area contributed by atoms with E-state index in [1.165, 1.54) is 6.21 Å². The minimum absolute atomic E-state index is 0.135. The summed E-state index contributed by atoms with van der Waals surface area (Å²) in [5.74, 6) is 2.08. The summed E-state index contributed by atoms with van der Waals surface area (Å²) in [6.07, 6.45) is 0.764. The fourth-order valence-corrected chi connectivity index (χ4v) is 2.58. The first-order valence-corrected chi connectivity index (χ1v) is 7.91. The summed E-state index contributed by atoms with van der Waals surface area (Å²) in [6.45, 7) is 1.14. The lowest BCUT2D eigenvalue weighted by molar-refractivity contribution is -0.130. The van der Waals surface area contributed by atoms with E-state index >= 15 is 0 Å². The van der Waals surface area contributed by atoms with Crippen molar-refractivity contribution < 1.29 is 23.7 Å². The second-order valence-electron chi connectivity index (χ2n) is 5.47. The molecule has 2 heterocycles. The number of rotatable bonds is 3. The maximum Gasteiger partial charge on any atom is 0.284 e. The molecular weight excluding hydrogens is 324 g/mol. The molecule has 1 N–H and O–H groups in total. The van der Waals surface area contributed by atoms with E-state index in [1.807, 2.05) is 30.3 Å². The first kappa shape index (κ1) is 15.3. The normalized spacial score (nSPS) is 18.0. The van der Waals surface area contributed by atoms with Crippen molar-refractivity contribution in [2.45, 2.75) is 6.10 Å². The highest BCUT2D eigenvalue weighted by atomic mass is 16.6. The molecule has 2 aromatic carbocycles. The first-order chi connectivity index (χ1) is 12.3. The number of hydrogen-bond acceptors (Lipinski definition) is 6. The van der Waals surface area contributed by atoms with E-state index < -0.39 is 6.10 Å². The largest absolute Gasteiger partial charge is 0.486 e. The van der Waals surface area contributed by atoms with Crippen LogP contribution in [0.3, 0.4) is 0 Å². The Balaban J connectivity index is 1.40. The van der Waals surface area contributed by atoms with Crippen molar-refractivity contribution in [1.29, 1.82) is 0 Å². The quantitative estimate of drug-likeness (QED) is 0.680. The van der Waals surface area contributed by atoms with Crippen LogP contribution in [0.1, 0.15) is 5.56 Å². The van der Waals surface area contributed by atoms with Crippen LogP contribution >= 0.6 is 0 Å². The molecule has 0 fully saturated rings. The Morgan fingerprint density at radius 2 is 1.80 bits per heavy atom. The SMILES string of the molecule is O=C(N/N=C/c1cccc2c1OCCO2)C1COc2ccccc2O1. The zero-order valence-electron chi connectivity index (χ0n) is 13.3.